The van der Waals surface area contributed by atoms with Crippen LogP contribution in [0.3, 0.4) is 0 Å². The molecule has 0 unspecified atom stereocenters. The van der Waals surface area contributed by atoms with E-state index in [2.05, 4.69) is 0 Å². The van der Waals surface area contributed by atoms with E-state index in [4.69, 9.17) is 14.2 Å². The maximum atomic E-state index is 12.7. The molecule has 0 spiro atoms. The Bertz CT molecular complexity index is 438. The minimum absolute atomic E-state index is 0.0188. The summed E-state index contributed by atoms with van der Waals surface area (Å²) >= 11 is 0. The molecule has 0 bridgehead atoms. The minimum Gasteiger partial charge on any atom is -0.491 e. The van der Waals surface area contributed by atoms with Crippen LogP contribution in [-0.2, 0) is 14.3 Å². The largest absolute Gasteiger partial charge is 0.491 e. The van der Waals surface area contributed by atoms with E-state index in [-0.39, 0.29) is 23.8 Å². The van der Waals surface area contributed by atoms with Crippen LogP contribution in [0.4, 0.5) is 4.39 Å². The van der Waals surface area contributed by atoms with Gasteiger partial charge >= 0.3 is 5.97 Å². The highest BCUT2D eigenvalue weighted by molar-refractivity contribution is 5.72. The third kappa shape index (κ3) is 5.01. The Labute approximate surface area is 124 Å². The number of carbonyl (C=O) groups is 1. The summed E-state index contributed by atoms with van der Waals surface area (Å²) in [7, 11) is 1.43. The molecule has 116 valence electrons. The number of methoxy groups -OCH3 is 1. The van der Waals surface area contributed by atoms with Gasteiger partial charge in [0.1, 0.15) is 18.2 Å². The van der Waals surface area contributed by atoms with E-state index in [1.54, 1.807) is 12.1 Å². The Kier molecular flexibility index (Phi) is 5.99. The van der Waals surface area contributed by atoms with Crippen LogP contribution in [0.5, 0.6) is 5.75 Å². The summed E-state index contributed by atoms with van der Waals surface area (Å²) in [5.41, 5.74) is 0. The summed E-state index contributed by atoms with van der Waals surface area (Å²) < 4.78 is 28.7. The van der Waals surface area contributed by atoms with Gasteiger partial charge in [0.05, 0.1) is 25.7 Å². The van der Waals surface area contributed by atoms with Crippen LogP contribution in [0, 0.1) is 11.7 Å². The van der Waals surface area contributed by atoms with E-state index in [0.29, 0.717) is 19.0 Å². The van der Waals surface area contributed by atoms with Crippen LogP contribution < -0.4 is 4.74 Å². The Balaban J connectivity index is 1.60. The lowest BCUT2D eigenvalue weighted by Gasteiger charge is -2.26. The molecule has 0 amide bonds. The third-order valence-electron chi connectivity index (χ3n) is 3.73. The summed E-state index contributed by atoms with van der Waals surface area (Å²) in [6, 6.07) is 5.92. The van der Waals surface area contributed by atoms with Gasteiger partial charge in [-0.15, -0.1) is 0 Å². The van der Waals surface area contributed by atoms with Crippen molar-refractivity contribution in [2.45, 2.75) is 31.8 Å². The predicted octanol–water partition coefficient (Wildman–Crippen LogP) is 2.95. The van der Waals surface area contributed by atoms with Crippen molar-refractivity contribution in [1.82, 2.24) is 0 Å². The van der Waals surface area contributed by atoms with Crippen molar-refractivity contribution >= 4 is 5.97 Å². The molecule has 5 heteroatoms. The maximum absolute atomic E-state index is 12.7. The second kappa shape index (κ2) is 7.98. The van der Waals surface area contributed by atoms with Gasteiger partial charge in [-0.2, -0.15) is 0 Å². The molecule has 1 aliphatic carbocycles. The smallest absolute Gasteiger partial charge is 0.308 e. The zero-order valence-corrected chi connectivity index (χ0v) is 12.2. The molecule has 0 saturated heterocycles. The number of benzene rings is 1. The van der Waals surface area contributed by atoms with Gasteiger partial charge in [-0.1, -0.05) is 0 Å². The first-order valence-electron chi connectivity index (χ1n) is 7.27. The van der Waals surface area contributed by atoms with Crippen LogP contribution in [0.15, 0.2) is 24.3 Å². The highest BCUT2D eigenvalue weighted by Crippen LogP contribution is 2.27. The van der Waals surface area contributed by atoms with Crippen molar-refractivity contribution in [3.05, 3.63) is 30.1 Å². The fraction of sp³-hybridized carbons (Fsp3) is 0.562. The molecule has 0 aromatic heterocycles. The predicted molar refractivity (Wildman–Crippen MR) is 75.6 cm³/mol. The molecule has 2 rings (SSSR count). The molecule has 1 saturated carbocycles. The molecule has 4 nitrogen and oxygen atoms in total. The molecule has 0 aliphatic heterocycles. The van der Waals surface area contributed by atoms with Crippen LogP contribution >= 0.6 is 0 Å². The van der Waals surface area contributed by atoms with Crippen molar-refractivity contribution in [1.29, 1.82) is 0 Å². The van der Waals surface area contributed by atoms with E-state index in [1.165, 1.54) is 19.2 Å². The lowest BCUT2D eigenvalue weighted by Crippen LogP contribution is -2.28. The summed E-state index contributed by atoms with van der Waals surface area (Å²) in [5.74, 6) is 0.258. The zero-order chi connectivity index (χ0) is 15.1. The first-order valence-corrected chi connectivity index (χ1v) is 7.27. The standard InChI is InChI=1S/C16H21FO4/c1-19-16(18)12-2-6-14(7-3-12)20-10-11-21-15-8-4-13(17)5-9-15/h4-5,8-9,12,14H,2-3,6-7,10-11H2,1H3. The molecule has 1 aliphatic rings. The molecule has 0 radical (unpaired) electrons. The van der Waals surface area contributed by atoms with Crippen LogP contribution in [0.2, 0.25) is 0 Å². The Hall–Kier alpha value is -1.62. The lowest BCUT2D eigenvalue weighted by atomic mass is 9.87. The third-order valence-corrected chi connectivity index (χ3v) is 3.73. The first-order chi connectivity index (χ1) is 10.2. The fourth-order valence-electron chi connectivity index (χ4n) is 2.54. The summed E-state index contributed by atoms with van der Waals surface area (Å²) in [4.78, 5) is 11.4. The SMILES string of the molecule is COC(=O)C1CCC(OCCOc2ccc(F)cc2)CC1. The summed E-state index contributed by atoms with van der Waals surface area (Å²) in [6.07, 6.45) is 3.56. The van der Waals surface area contributed by atoms with E-state index in [1.807, 2.05) is 0 Å². The highest BCUT2D eigenvalue weighted by atomic mass is 19.1. The molecule has 0 N–H and O–H groups in total. The van der Waals surface area contributed by atoms with Gasteiger partial charge in [0, 0.05) is 0 Å². The summed E-state index contributed by atoms with van der Waals surface area (Å²) in [5, 5.41) is 0. The van der Waals surface area contributed by atoms with Crippen LogP contribution in [0.25, 0.3) is 0 Å². The van der Waals surface area contributed by atoms with E-state index < -0.39 is 0 Å². The molecule has 1 aromatic rings. The quantitative estimate of drug-likeness (QED) is 0.598. The molecule has 0 atom stereocenters. The second-order valence-electron chi connectivity index (χ2n) is 5.17. The normalized spacial score (nSPS) is 21.8. The van der Waals surface area contributed by atoms with Crippen LogP contribution in [-0.4, -0.2) is 32.4 Å². The zero-order valence-electron chi connectivity index (χ0n) is 12.2. The van der Waals surface area contributed by atoms with Crippen molar-refractivity contribution in [3.8, 4) is 5.75 Å². The van der Waals surface area contributed by atoms with E-state index >= 15 is 0 Å². The van der Waals surface area contributed by atoms with Crippen LogP contribution in [0.1, 0.15) is 25.7 Å². The van der Waals surface area contributed by atoms with E-state index in [0.717, 1.165) is 25.7 Å². The van der Waals surface area contributed by atoms with Gasteiger partial charge in [0.15, 0.2) is 0 Å². The monoisotopic (exact) mass is 296 g/mol. The molecule has 1 fully saturated rings. The van der Waals surface area contributed by atoms with Crippen molar-refractivity contribution < 1.29 is 23.4 Å². The van der Waals surface area contributed by atoms with Gasteiger partial charge in [-0.25, -0.2) is 4.39 Å². The number of rotatable bonds is 6. The highest BCUT2D eigenvalue weighted by Gasteiger charge is 2.27. The average molecular weight is 296 g/mol. The van der Waals surface area contributed by atoms with Gasteiger partial charge < -0.3 is 14.2 Å². The number of esters is 1. The molecule has 21 heavy (non-hydrogen) atoms. The average Bonchev–Trinajstić information content (AvgIpc) is 2.53. The number of carbonyl (C=O) groups excluding carboxylic acids is 1. The molecular formula is C16H21FO4. The van der Waals surface area contributed by atoms with E-state index in [9.17, 15) is 9.18 Å². The van der Waals surface area contributed by atoms with Gasteiger partial charge in [-0.05, 0) is 49.9 Å². The first kappa shape index (κ1) is 15.8. The van der Waals surface area contributed by atoms with Crippen molar-refractivity contribution in [2.24, 2.45) is 5.92 Å². The van der Waals surface area contributed by atoms with Crippen molar-refractivity contribution in [3.63, 3.8) is 0 Å². The molecule has 1 aromatic carbocycles. The number of ether oxygens (including phenoxy) is 3. The number of hydrogen-bond donors (Lipinski definition) is 0. The molecule has 0 heterocycles. The number of hydrogen-bond acceptors (Lipinski definition) is 4. The summed E-state index contributed by atoms with van der Waals surface area (Å²) in [6.45, 7) is 0.924. The van der Waals surface area contributed by atoms with Crippen molar-refractivity contribution in [2.75, 3.05) is 20.3 Å². The Morgan fingerprint density at radius 2 is 1.81 bits per heavy atom. The van der Waals surface area contributed by atoms with Gasteiger partial charge in [0.25, 0.3) is 0 Å². The van der Waals surface area contributed by atoms with Gasteiger partial charge in [-0.3, -0.25) is 4.79 Å². The Morgan fingerprint density at radius 3 is 2.43 bits per heavy atom. The minimum atomic E-state index is -0.277. The Morgan fingerprint density at radius 1 is 1.14 bits per heavy atom. The fourth-order valence-corrected chi connectivity index (χ4v) is 2.54. The second-order valence-corrected chi connectivity index (χ2v) is 5.17. The van der Waals surface area contributed by atoms with Gasteiger partial charge in [0.2, 0.25) is 0 Å². The molecular weight excluding hydrogens is 275 g/mol. The topological polar surface area (TPSA) is 44.8 Å². The maximum Gasteiger partial charge on any atom is 0.308 e. The number of halogens is 1. The lowest BCUT2D eigenvalue weighted by molar-refractivity contribution is -0.147.